The maximum atomic E-state index is 13.8. The Bertz CT molecular complexity index is 1360. The maximum absolute atomic E-state index is 13.8. The van der Waals surface area contributed by atoms with Crippen molar-refractivity contribution in [2.45, 2.75) is 19.9 Å². The third-order valence-corrected chi connectivity index (χ3v) is 6.99. The molecule has 0 bridgehead atoms. The number of thiazole rings is 1. The van der Waals surface area contributed by atoms with E-state index in [2.05, 4.69) is 4.98 Å². The van der Waals surface area contributed by atoms with Crippen molar-refractivity contribution in [1.82, 2.24) is 4.98 Å². The minimum Gasteiger partial charge on any atom is -0.494 e. The molecule has 0 spiro atoms. The van der Waals surface area contributed by atoms with Crippen LogP contribution in [0.3, 0.4) is 0 Å². The molecule has 8 heteroatoms. The highest BCUT2D eigenvalue weighted by Gasteiger charge is 2.38. The number of aromatic nitrogens is 1. The topological polar surface area (TPSA) is 62.7 Å². The van der Waals surface area contributed by atoms with Gasteiger partial charge in [0.05, 0.1) is 29.3 Å². The van der Waals surface area contributed by atoms with Gasteiger partial charge in [0.25, 0.3) is 0 Å². The molecule has 3 aromatic carbocycles. The first-order valence-electron chi connectivity index (χ1n) is 11.5. The molecule has 0 N–H and O–H groups in total. The van der Waals surface area contributed by atoms with E-state index in [0.29, 0.717) is 28.5 Å². The molecule has 1 fully saturated rings. The first-order valence-corrected chi connectivity index (χ1v) is 12.3. The van der Waals surface area contributed by atoms with Crippen molar-refractivity contribution < 1.29 is 18.7 Å². The zero-order valence-electron chi connectivity index (χ0n) is 19.2. The van der Waals surface area contributed by atoms with E-state index in [1.54, 1.807) is 15.9 Å². The van der Waals surface area contributed by atoms with Crippen LogP contribution in [0, 0.1) is 11.7 Å². The normalized spacial score (nSPS) is 15.5. The molecule has 1 aromatic heterocycles. The maximum Gasteiger partial charge on any atom is 0.234 e. The van der Waals surface area contributed by atoms with Crippen LogP contribution in [0.2, 0.25) is 0 Å². The number of hydrogen-bond donors (Lipinski definition) is 0. The van der Waals surface area contributed by atoms with Crippen LogP contribution in [0.15, 0.2) is 72.8 Å². The van der Waals surface area contributed by atoms with Gasteiger partial charge in [0.1, 0.15) is 11.6 Å². The van der Waals surface area contributed by atoms with Crippen molar-refractivity contribution >= 4 is 44.2 Å². The second kappa shape index (κ2) is 9.84. The molecular formula is C27H24FN3O3S. The van der Waals surface area contributed by atoms with Gasteiger partial charge >= 0.3 is 0 Å². The first-order chi connectivity index (χ1) is 17.0. The average molecular weight is 490 g/mol. The van der Waals surface area contributed by atoms with Crippen molar-refractivity contribution in [2.75, 3.05) is 23.0 Å². The molecule has 4 aromatic rings. The molecule has 2 amide bonds. The Morgan fingerprint density at radius 3 is 2.66 bits per heavy atom. The van der Waals surface area contributed by atoms with Crippen LogP contribution in [-0.4, -0.2) is 29.9 Å². The van der Waals surface area contributed by atoms with Gasteiger partial charge in [-0.1, -0.05) is 41.7 Å². The van der Waals surface area contributed by atoms with E-state index in [9.17, 15) is 14.0 Å². The van der Waals surface area contributed by atoms with E-state index in [4.69, 9.17) is 4.74 Å². The molecule has 0 unspecified atom stereocenters. The van der Waals surface area contributed by atoms with Gasteiger partial charge in [-0.05, 0) is 55.0 Å². The van der Waals surface area contributed by atoms with Crippen LogP contribution in [0.5, 0.6) is 5.75 Å². The Morgan fingerprint density at radius 2 is 1.91 bits per heavy atom. The number of carbonyl (C=O) groups is 2. The Labute approximate surface area is 206 Å². The van der Waals surface area contributed by atoms with Gasteiger partial charge in [-0.25, -0.2) is 9.37 Å². The Balaban J connectivity index is 1.42. The summed E-state index contributed by atoms with van der Waals surface area (Å²) >= 11 is 1.27. The van der Waals surface area contributed by atoms with Crippen molar-refractivity contribution in [3.8, 4) is 5.75 Å². The lowest BCUT2D eigenvalue weighted by Crippen LogP contribution is -2.37. The van der Waals surface area contributed by atoms with E-state index < -0.39 is 5.92 Å². The first kappa shape index (κ1) is 23.0. The second-order valence-electron chi connectivity index (χ2n) is 8.35. The smallest absolute Gasteiger partial charge is 0.234 e. The predicted octanol–water partition coefficient (Wildman–Crippen LogP) is 5.42. The van der Waals surface area contributed by atoms with Gasteiger partial charge in [-0.2, -0.15) is 0 Å². The lowest BCUT2D eigenvalue weighted by atomic mass is 10.1. The van der Waals surface area contributed by atoms with Crippen molar-refractivity contribution in [3.63, 3.8) is 0 Å². The lowest BCUT2D eigenvalue weighted by molar-refractivity contribution is -0.124. The fourth-order valence-corrected chi connectivity index (χ4v) is 5.23. The van der Waals surface area contributed by atoms with Gasteiger partial charge in [-0.15, -0.1) is 0 Å². The minimum atomic E-state index is -0.512. The molecule has 1 atom stereocenters. The van der Waals surface area contributed by atoms with Gasteiger partial charge in [0.15, 0.2) is 5.13 Å². The van der Waals surface area contributed by atoms with Gasteiger partial charge in [0.2, 0.25) is 11.8 Å². The summed E-state index contributed by atoms with van der Waals surface area (Å²) in [5, 5.41) is 0.492. The fraction of sp³-hybridized carbons (Fsp3) is 0.222. The number of anilines is 2. The third-order valence-electron chi connectivity index (χ3n) is 5.95. The summed E-state index contributed by atoms with van der Waals surface area (Å²) in [5.41, 5.74) is 2.31. The SMILES string of the molecule is CCOc1ccc(N2C[C@@H](C(=O)N(Cc3ccccc3)c3nc4ccc(F)cc4s3)CC2=O)cc1. The molecule has 178 valence electrons. The van der Waals surface area contributed by atoms with Gasteiger partial charge in [-0.3, -0.25) is 14.5 Å². The number of benzene rings is 3. The molecular weight excluding hydrogens is 465 g/mol. The molecule has 1 aliphatic rings. The molecule has 5 rings (SSSR count). The Morgan fingerprint density at radius 1 is 1.14 bits per heavy atom. The van der Waals surface area contributed by atoms with E-state index in [0.717, 1.165) is 17.0 Å². The van der Waals surface area contributed by atoms with E-state index in [1.165, 1.54) is 23.5 Å². The van der Waals surface area contributed by atoms with Crippen molar-refractivity contribution in [3.05, 3.63) is 84.2 Å². The zero-order valence-corrected chi connectivity index (χ0v) is 20.0. The standard InChI is InChI=1S/C27H24FN3O3S/c1-2-34-22-11-9-21(10-12-22)30-17-19(14-25(30)32)26(33)31(16-18-6-4-3-5-7-18)27-29-23-13-8-20(28)15-24(23)35-27/h3-13,15,19H,2,14,16-17H2,1H3/t19-/m0/s1. The quantitative estimate of drug-likeness (QED) is 0.348. The summed E-state index contributed by atoms with van der Waals surface area (Å²) in [5.74, 6) is -0.395. The zero-order chi connectivity index (χ0) is 24.4. The number of fused-ring (bicyclic) bond motifs is 1. The average Bonchev–Trinajstić information content (AvgIpc) is 3.46. The number of amides is 2. The number of rotatable bonds is 7. The molecule has 35 heavy (non-hydrogen) atoms. The Hall–Kier alpha value is -3.78. The minimum absolute atomic E-state index is 0.0986. The molecule has 6 nitrogen and oxygen atoms in total. The second-order valence-corrected chi connectivity index (χ2v) is 9.36. The third kappa shape index (κ3) is 4.88. The molecule has 0 saturated carbocycles. The van der Waals surface area contributed by atoms with Crippen LogP contribution in [0.1, 0.15) is 18.9 Å². The van der Waals surface area contributed by atoms with Crippen LogP contribution >= 0.6 is 11.3 Å². The van der Waals surface area contributed by atoms with Crippen LogP contribution in [-0.2, 0) is 16.1 Å². The molecule has 0 aliphatic carbocycles. The lowest BCUT2D eigenvalue weighted by Gasteiger charge is -2.23. The van der Waals surface area contributed by atoms with Crippen LogP contribution in [0.25, 0.3) is 10.2 Å². The highest BCUT2D eigenvalue weighted by Crippen LogP contribution is 2.34. The summed E-state index contributed by atoms with van der Waals surface area (Å²) in [6.07, 6.45) is 0.122. The van der Waals surface area contributed by atoms with Crippen molar-refractivity contribution in [2.24, 2.45) is 5.92 Å². The number of ether oxygens (including phenoxy) is 1. The summed E-state index contributed by atoms with van der Waals surface area (Å²) < 4.78 is 19.9. The summed E-state index contributed by atoms with van der Waals surface area (Å²) in [7, 11) is 0. The number of halogens is 1. The predicted molar refractivity (Wildman–Crippen MR) is 135 cm³/mol. The van der Waals surface area contributed by atoms with Crippen LogP contribution < -0.4 is 14.5 Å². The highest BCUT2D eigenvalue weighted by molar-refractivity contribution is 7.22. The molecule has 1 saturated heterocycles. The summed E-state index contributed by atoms with van der Waals surface area (Å²) in [4.78, 5) is 34.5. The van der Waals surface area contributed by atoms with Crippen molar-refractivity contribution in [1.29, 1.82) is 0 Å². The van der Waals surface area contributed by atoms with Gasteiger partial charge in [0, 0.05) is 18.7 Å². The number of hydrogen-bond acceptors (Lipinski definition) is 5. The molecule has 0 radical (unpaired) electrons. The monoisotopic (exact) mass is 489 g/mol. The van der Waals surface area contributed by atoms with E-state index in [-0.39, 0.29) is 30.6 Å². The number of carbonyl (C=O) groups excluding carboxylic acids is 2. The van der Waals surface area contributed by atoms with Crippen LogP contribution in [0.4, 0.5) is 15.2 Å². The fourth-order valence-electron chi connectivity index (χ4n) is 4.24. The Kier molecular flexibility index (Phi) is 6.46. The number of nitrogens with zero attached hydrogens (tertiary/aromatic N) is 3. The van der Waals surface area contributed by atoms with E-state index >= 15 is 0 Å². The van der Waals surface area contributed by atoms with Gasteiger partial charge < -0.3 is 9.64 Å². The van der Waals surface area contributed by atoms with E-state index in [1.807, 2.05) is 61.5 Å². The highest BCUT2D eigenvalue weighted by atomic mass is 32.1. The molecule has 2 heterocycles. The molecule has 1 aliphatic heterocycles. The largest absolute Gasteiger partial charge is 0.494 e. The summed E-state index contributed by atoms with van der Waals surface area (Å²) in [6.45, 7) is 3.08. The summed E-state index contributed by atoms with van der Waals surface area (Å²) in [6, 6.07) is 21.3.